The predicted molar refractivity (Wildman–Crippen MR) is 73.8 cm³/mol. The number of carbonyl (C=O) groups is 1. The normalized spacial score (nSPS) is 17.1. The monoisotopic (exact) mass is 301 g/mol. The quantitative estimate of drug-likeness (QED) is 0.906. The standard InChI is InChI=1S/C14H18F3N3O/c1-19-5-2-6-20(9-13(19)21)11-3-4-12(14(15,16)17)10(7-11)8-18/h3-4,7H,2,5-6,8-9,18H2,1H3. The van der Waals surface area contributed by atoms with Gasteiger partial charge in [-0.05, 0) is 30.2 Å². The van der Waals surface area contributed by atoms with E-state index in [1.54, 1.807) is 16.8 Å². The van der Waals surface area contributed by atoms with Gasteiger partial charge in [-0.2, -0.15) is 13.2 Å². The van der Waals surface area contributed by atoms with Gasteiger partial charge in [0.05, 0.1) is 12.1 Å². The number of rotatable bonds is 2. The number of anilines is 1. The summed E-state index contributed by atoms with van der Waals surface area (Å²) in [5.74, 6) is -0.0401. The molecule has 1 amide bonds. The van der Waals surface area contributed by atoms with Crippen molar-refractivity contribution in [1.82, 2.24) is 4.90 Å². The lowest BCUT2D eigenvalue weighted by atomic mass is 10.1. The molecule has 0 atom stereocenters. The Labute approximate surface area is 121 Å². The van der Waals surface area contributed by atoms with Crippen LogP contribution in [-0.4, -0.2) is 37.5 Å². The van der Waals surface area contributed by atoms with Crippen LogP contribution in [0, 0.1) is 0 Å². The number of carbonyl (C=O) groups excluding carboxylic acids is 1. The third-order valence-corrected chi connectivity index (χ3v) is 3.65. The number of likely N-dealkylation sites (N-methyl/N-ethyl adjacent to an activating group) is 1. The Kier molecular flexibility index (Phi) is 4.41. The van der Waals surface area contributed by atoms with Crippen LogP contribution in [-0.2, 0) is 17.5 Å². The lowest BCUT2D eigenvalue weighted by Gasteiger charge is -2.23. The molecule has 4 nitrogen and oxygen atoms in total. The predicted octanol–water partition coefficient (Wildman–Crippen LogP) is 1.83. The van der Waals surface area contributed by atoms with Gasteiger partial charge in [0.25, 0.3) is 0 Å². The van der Waals surface area contributed by atoms with Crippen molar-refractivity contribution in [1.29, 1.82) is 0 Å². The Morgan fingerprint density at radius 2 is 2.00 bits per heavy atom. The van der Waals surface area contributed by atoms with Crippen LogP contribution >= 0.6 is 0 Å². The molecule has 0 spiro atoms. The first kappa shape index (κ1) is 15.6. The van der Waals surface area contributed by atoms with Crippen molar-refractivity contribution in [3.05, 3.63) is 29.3 Å². The van der Waals surface area contributed by atoms with E-state index in [4.69, 9.17) is 5.73 Å². The summed E-state index contributed by atoms with van der Waals surface area (Å²) in [7, 11) is 1.73. The summed E-state index contributed by atoms with van der Waals surface area (Å²) in [6.07, 6.45) is -3.64. The first-order valence-electron chi connectivity index (χ1n) is 6.72. The molecule has 0 bridgehead atoms. The Balaban J connectivity index is 2.30. The number of hydrogen-bond donors (Lipinski definition) is 1. The number of nitrogens with two attached hydrogens (primary N) is 1. The van der Waals surface area contributed by atoms with Crippen LogP contribution in [0.1, 0.15) is 17.5 Å². The van der Waals surface area contributed by atoms with Crippen LogP contribution in [0.3, 0.4) is 0 Å². The van der Waals surface area contributed by atoms with Crippen LogP contribution in [0.15, 0.2) is 18.2 Å². The third kappa shape index (κ3) is 3.47. The summed E-state index contributed by atoms with van der Waals surface area (Å²) in [4.78, 5) is 15.3. The molecule has 2 rings (SSSR count). The molecule has 1 fully saturated rings. The van der Waals surface area contributed by atoms with Crippen molar-refractivity contribution in [3.8, 4) is 0 Å². The van der Waals surface area contributed by atoms with Gasteiger partial charge in [0.1, 0.15) is 0 Å². The molecule has 2 N–H and O–H groups in total. The van der Waals surface area contributed by atoms with Gasteiger partial charge in [0.2, 0.25) is 5.91 Å². The number of amides is 1. The molecular formula is C14H18F3N3O. The molecule has 7 heteroatoms. The lowest BCUT2D eigenvalue weighted by molar-refractivity contribution is -0.138. The fraction of sp³-hybridized carbons (Fsp3) is 0.500. The summed E-state index contributed by atoms with van der Waals surface area (Å²) in [5.41, 5.74) is 5.37. The highest BCUT2D eigenvalue weighted by Crippen LogP contribution is 2.34. The van der Waals surface area contributed by atoms with E-state index in [-0.39, 0.29) is 24.6 Å². The molecule has 0 unspecified atom stereocenters. The topological polar surface area (TPSA) is 49.6 Å². The van der Waals surface area contributed by atoms with Crippen molar-refractivity contribution in [2.24, 2.45) is 5.73 Å². The maximum Gasteiger partial charge on any atom is 0.416 e. The van der Waals surface area contributed by atoms with Gasteiger partial charge in [-0.1, -0.05) is 0 Å². The molecule has 1 aliphatic heterocycles. The first-order chi connectivity index (χ1) is 9.82. The van der Waals surface area contributed by atoms with E-state index in [2.05, 4.69) is 0 Å². The van der Waals surface area contributed by atoms with E-state index in [9.17, 15) is 18.0 Å². The molecule has 0 radical (unpaired) electrons. The number of halogens is 3. The van der Waals surface area contributed by atoms with Gasteiger partial charge in [0.15, 0.2) is 0 Å². The van der Waals surface area contributed by atoms with Crippen molar-refractivity contribution in [2.75, 3.05) is 31.6 Å². The molecule has 0 aliphatic carbocycles. The minimum atomic E-state index is -4.41. The van der Waals surface area contributed by atoms with Crippen LogP contribution < -0.4 is 10.6 Å². The average molecular weight is 301 g/mol. The maximum absolute atomic E-state index is 12.9. The van der Waals surface area contributed by atoms with Gasteiger partial charge >= 0.3 is 6.18 Å². The molecule has 0 saturated carbocycles. The van der Waals surface area contributed by atoms with Gasteiger partial charge in [-0.3, -0.25) is 4.79 Å². The molecule has 1 aromatic carbocycles. The molecule has 1 aliphatic rings. The van der Waals surface area contributed by atoms with Crippen LogP contribution in [0.4, 0.5) is 18.9 Å². The van der Waals surface area contributed by atoms with E-state index < -0.39 is 11.7 Å². The van der Waals surface area contributed by atoms with E-state index in [1.165, 1.54) is 12.1 Å². The second-order valence-corrected chi connectivity index (χ2v) is 5.13. The Hall–Kier alpha value is -1.76. The van der Waals surface area contributed by atoms with Crippen molar-refractivity contribution < 1.29 is 18.0 Å². The Morgan fingerprint density at radius 3 is 2.62 bits per heavy atom. The SMILES string of the molecule is CN1CCCN(c2ccc(C(F)(F)F)c(CN)c2)CC1=O. The number of hydrogen-bond acceptors (Lipinski definition) is 3. The van der Waals surface area contributed by atoms with Gasteiger partial charge < -0.3 is 15.5 Å². The highest BCUT2D eigenvalue weighted by atomic mass is 19.4. The number of alkyl halides is 3. The zero-order chi connectivity index (χ0) is 15.6. The average Bonchev–Trinajstić information content (AvgIpc) is 2.59. The number of nitrogens with zero attached hydrogens (tertiary/aromatic N) is 2. The molecule has 116 valence electrons. The molecular weight excluding hydrogens is 283 g/mol. The first-order valence-corrected chi connectivity index (χ1v) is 6.72. The molecule has 21 heavy (non-hydrogen) atoms. The Morgan fingerprint density at radius 1 is 1.29 bits per heavy atom. The van der Waals surface area contributed by atoms with E-state index >= 15 is 0 Å². The molecule has 1 heterocycles. The van der Waals surface area contributed by atoms with Gasteiger partial charge in [-0.25, -0.2) is 0 Å². The summed E-state index contributed by atoms with van der Waals surface area (Å²) in [6.45, 7) is 1.27. The molecule has 1 aromatic rings. The van der Waals surface area contributed by atoms with Gasteiger partial charge in [0, 0.05) is 32.4 Å². The highest BCUT2D eigenvalue weighted by Gasteiger charge is 2.33. The van der Waals surface area contributed by atoms with Crippen molar-refractivity contribution in [3.63, 3.8) is 0 Å². The zero-order valence-electron chi connectivity index (χ0n) is 11.8. The largest absolute Gasteiger partial charge is 0.416 e. The zero-order valence-corrected chi connectivity index (χ0v) is 11.8. The maximum atomic E-state index is 12.9. The fourth-order valence-electron chi connectivity index (χ4n) is 2.43. The summed E-state index contributed by atoms with van der Waals surface area (Å²) in [5, 5.41) is 0. The van der Waals surface area contributed by atoms with Crippen LogP contribution in [0.2, 0.25) is 0 Å². The minimum absolute atomic E-state index is 0.0401. The van der Waals surface area contributed by atoms with E-state index in [0.717, 1.165) is 12.5 Å². The van der Waals surface area contributed by atoms with Crippen LogP contribution in [0.5, 0.6) is 0 Å². The second kappa shape index (κ2) is 5.93. The smallest absolute Gasteiger partial charge is 0.362 e. The highest BCUT2D eigenvalue weighted by molar-refractivity contribution is 5.81. The Bertz CT molecular complexity index is 531. The van der Waals surface area contributed by atoms with E-state index in [0.29, 0.717) is 18.8 Å². The summed E-state index contributed by atoms with van der Waals surface area (Å²) in [6, 6.07) is 3.87. The fourth-order valence-corrected chi connectivity index (χ4v) is 2.43. The minimum Gasteiger partial charge on any atom is -0.362 e. The number of benzene rings is 1. The summed E-state index contributed by atoms with van der Waals surface area (Å²) >= 11 is 0. The lowest BCUT2D eigenvalue weighted by Crippen LogP contribution is -2.34. The van der Waals surface area contributed by atoms with Gasteiger partial charge in [-0.15, -0.1) is 0 Å². The van der Waals surface area contributed by atoms with Crippen LogP contribution in [0.25, 0.3) is 0 Å². The summed E-state index contributed by atoms with van der Waals surface area (Å²) < 4.78 is 38.6. The van der Waals surface area contributed by atoms with E-state index in [1.807, 2.05) is 0 Å². The molecule has 0 aromatic heterocycles. The van der Waals surface area contributed by atoms with Crippen molar-refractivity contribution >= 4 is 11.6 Å². The second-order valence-electron chi connectivity index (χ2n) is 5.13. The van der Waals surface area contributed by atoms with Crippen molar-refractivity contribution in [2.45, 2.75) is 19.1 Å². The molecule has 1 saturated heterocycles. The third-order valence-electron chi connectivity index (χ3n) is 3.65.